The van der Waals surface area contributed by atoms with Crippen LogP contribution in [-0.2, 0) is 4.74 Å². The predicted molar refractivity (Wildman–Crippen MR) is 79.3 cm³/mol. The van der Waals surface area contributed by atoms with Crippen molar-refractivity contribution in [1.82, 2.24) is 5.32 Å². The zero-order valence-corrected chi connectivity index (χ0v) is 12.4. The minimum absolute atomic E-state index is 0.00166. The average molecular weight is 317 g/mol. The number of methoxy groups -OCH3 is 1. The van der Waals surface area contributed by atoms with E-state index in [9.17, 15) is 14.9 Å². The Morgan fingerprint density at radius 3 is 2.76 bits per heavy atom. The Hall–Kier alpha value is -1.90. The number of nitro groups is 1. The van der Waals surface area contributed by atoms with E-state index in [4.69, 9.17) is 22.2 Å². The molecule has 0 aliphatic heterocycles. The topological polar surface area (TPSA) is 120 Å². The molecule has 0 aliphatic carbocycles. The lowest BCUT2D eigenvalue weighted by molar-refractivity contribution is -0.384. The Morgan fingerprint density at radius 2 is 2.24 bits per heavy atom. The highest BCUT2D eigenvalue weighted by Gasteiger charge is 2.21. The molecular formula is C12H17ClN4O4. The predicted octanol–water partition coefficient (Wildman–Crippen LogP) is 1.55. The van der Waals surface area contributed by atoms with Crippen molar-refractivity contribution in [3.05, 3.63) is 32.8 Å². The van der Waals surface area contributed by atoms with Gasteiger partial charge in [-0.25, -0.2) is 0 Å². The van der Waals surface area contributed by atoms with Crippen LogP contribution in [0.4, 0.5) is 11.4 Å². The summed E-state index contributed by atoms with van der Waals surface area (Å²) in [7, 11) is 1.57. The molecule has 0 spiro atoms. The van der Waals surface area contributed by atoms with E-state index in [-0.39, 0.29) is 27.9 Å². The minimum Gasteiger partial charge on any atom is -0.384 e. The number of nitrogens with two attached hydrogens (primary N) is 1. The number of rotatable bonds is 7. The summed E-state index contributed by atoms with van der Waals surface area (Å²) in [6, 6.07) is 2.44. The van der Waals surface area contributed by atoms with Crippen LogP contribution in [0.25, 0.3) is 0 Å². The number of hydrazine groups is 1. The quantitative estimate of drug-likeness (QED) is 0.399. The fourth-order valence-electron chi connectivity index (χ4n) is 1.72. The largest absolute Gasteiger partial charge is 0.384 e. The molecule has 0 heterocycles. The zero-order valence-electron chi connectivity index (χ0n) is 11.7. The standard InChI is InChI=1S/C12H17ClN4O4/c1-7(6-21-2)5-15-12(18)8-3-9(13)11(16-14)10(4-8)17(19)20/h3-4,7,16H,5-6,14H2,1-2H3,(H,15,18). The van der Waals surface area contributed by atoms with Gasteiger partial charge in [-0.1, -0.05) is 18.5 Å². The lowest BCUT2D eigenvalue weighted by Gasteiger charge is -2.12. The van der Waals surface area contributed by atoms with Crippen molar-refractivity contribution >= 4 is 28.9 Å². The minimum atomic E-state index is -0.661. The first-order valence-corrected chi connectivity index (χ1v) is 6.50. The summed E-state index contributed by atoms with van der Waals surface area (Å²) < 4.78 is 4.96. The van der Waals surface area contributed by atoms with Gasteiger partial charge in [0, 0.05) is 25.3 Å². The number of nitro benzene ring substituents is 1. The summed E-state index contributed by atoms with van der Waals surface area (Å²) in [5, 5.41) is 13.6. The molecule has 1 atom stereocenters. The van der Waals surface area contributed by atoms with Gasteiger partial charge in [-0.05, 0) is 12.0 Å². The number of benzene rings is 1. The smallest absolute Gasteiger partial charge is 0.295 e. The van der Waals surface area contributed by atoms with E-state index < -0.39 is 10.8 Å². The number of anilines is 1. The van der Waals surface area contributed by atoms with Crippen LogP contribution in [0, 0.1) is 16.0 Å². The molecule has 1 rings (SSSR count). The van der Waals surface area contributed by atoms with Crippen molar-refractivity contribution in [3.8, 4) is 0 Å². The highest BCUT2D eigenvalue weighted by Crippen LogP contribution is 2.32. The van der Waals surface area contributed by atoms with Crippen LogP contribution < -0.4 is 16.6 Å². The maximum atomic E-state index is 12.0. The maximum Gasteiger partial charge on any atom is 0.295 e. The Bertz CT molecular complexity index is 538. The van der Waals surface area contributed by atoms with Crippen molar-refractivity contribution in [2.24, 2.45) is 11.8 Å². The number of ether oxygens (including phenoxy) is 1. The number of nitrogens with zero attached hydrogens (tertiary/aromatic N) is 1. The summed E-state index contributed by atoms with van der Waals surface area (Å²) in [6.07, 6.45) is 0. The zero-order chi connectivity index (χ0) is 16.0. The van der Waals surface area contributed by atoms with E-state index >= 15 is 0 Å². The Kier molecular flexibility index (Phi) is 6.35. The second-order valence-electron chi connectivity index (χ2n) is 4.52. The van der Waals surface area contributed by atoms with E-state index in [1.807, 2.05) is 6.92 Å². The van der Waals surface area contributed by atoms with Gasteiger partial charge in [-0.2, -0.15) is 0 Å². The Labute approximate surface area is 126 Å². The third kappa shape index (κ3) is 4.55. The molecule has 8 nitrogen and oxygen atoms in total. The first-order valence-electron chi connectivity index (χ1n) is 6.12. The van der Waals surface area contributed by atoms with Crippen LogP contribution >= 0.6 is 11.6 Å². The molecule has 9 heteroatoms. The number of halogens is 1. The van der Waals surface area contributed by atoms with E-state index in [2.05, 4.69) is 10.7 Å². The van der Waals surface area contributed by atoms with Crippen molar-refractivity contribution in [2.45, 2.75) is 6.92 Å². The molecule has 0 radical (unpaired) electrons. The van der Waals surface area contributed by atoms with Crippen molar-refractivity contribution in [3.63, 3.8) is 0 Å². The van der Waals surface area contributed by atoms with Gasteiger partial charge in [0.05, 0.1) is 16.6 Å². The van der Waals surface area contributed by atoms with Gasteiger partial charge in [0.1, 0.15) is 5.69 Å². The number of hydrogen-bond donors (Lipinski definition) is 3. The Balaban J connectivity index is 2.93. The molecule has 1 aromatic rings. The van der Waals surface area contributed by atoms with Gasteiger partial charge in [0.2, 0.25) is 0 Å². The normalized spacial score (nSPS) is 11.8. The van der Waals surface area contributed by atoms with Crippen LogP contribution in [0.3, 0.4) is 0 Å². The highest BCUT2D eigenvalue weighted by molar-refractivity contribution is 6.34. The molecule has 116 valence electrons. The monoisotopic (exact) mass is 316 g/mol. The van der Waals surface area contributed by atoms with Gasteiger partial charge >= 0.3 is 0 Å². The Morgan fingerprint density at radius 1 is 1.57 bits per heavy atom. The molecule has 0 bridgehead atoms. The molecule has 1 aromatic carbocycles. The summed E-state index contributed by atoms with van der Waals surface area (Å²) in [4.78, 5) is 22.3. The molecular weight excluding hydrogens is 300 g/mol. The van der Waals surface area contributed by atoms with E-state index in [0.717, 1.165) is 6.07 Å². The number of amides is 1. The SMILES string of the molecule is COCC(C)CNC(=O)c1cc(Cl)c(NN)c([N+](=O)[O-])c1. The van der Waals surface area contributed by atoms with Crippen LogP contribution in [0.5, 0.6) is 0 Å². The first kappa shape index (κ1) is 17.2. The summed E-state index contributed by atoms with van der Waals surface area (Å²) in [6.45, 7) is 2.78. The van der Waals surface area contributed by atoms with Crippen LogP contribution in [0.15, 0.2) is 12.1 Å². The molecule has 0 fully saturated rings. The number of carbonyl (C=O) groups is 1. The summed E-state index contributed by atoms with van der Waals surface area (Å²) >= 11 is 5.89. The molecule has 1 amide bonds. The molecule has 0 aromatic heterocycles. The van der Waals surface area contributed by atoms with Crippen LogP contribution in [0.1, 0.15) is 17.3 Å². The number of carbonyl (C=O) groups excluding carboxylic acids is 1. The van der Waals surface area contributed by atoms with Gasteiger partial charge in [-0.15, -0.1) is 0 Å². The first-order chi connectivity index (χ1) is 9.90. The molecule has 4 N–H and O–H groups in total. The van der Waals surface area contributed by atoms with Crippen molar-refractivity contribution < 1.29 is 14.5 Å². The molecule has 1 unspecified atom stereocenters. The van der Waals surface area contributed by atoms with Gasteiger partial charge in [-0.3, -0.25) is 20.8 Å². The third-order valence-electron chi connectivity index (χ3n) is 2.73. The van der Waals surface area contributed by atoms with Crippen LogP contribution in [0.2, 0.25) is 5.02 Å². The van der Waals surface area contributed by atoms with Crippen molar-refractivity contribution in [2.75, 3.05) is 25.7 Å². The van der Waals surface area contributed by atoms with E-state index in [1.54, 1.807) is 7.11 Å². The highest BCUT2D eigenvalue weighted by atomic mass is 35.5. The van der Waals surface area contributed by atoms with Gasteiger partial charge < -0.3 is 15.5 Å². The fourth-order valence-corrected chi connectivity index (χ4v) is 1.99. The molecule has 0 aliphatic rings. The van der Waals surface area contributed by atoms with E-state index in [1.165, 1.54) is 6.07 Å². The lowest BCUT2D eigenvalue weighted by Crippen LogP contribution is -2.30. The van der Waals surface area contributed by atoms with E-state index in [0.29, 0.717) is 13.2 Å². The van der Waals surface area contributed by atoms with Crippen LogP contribution in [-0.4, -0.2) is 31.1 Å². The summed E-state index contributed by atoms with van der Waals surface area (Å²) in [5.41, 5.74) is 1.85. The number of nitrogen functional groups attached to an aromatic ring is 1. The second kappa shape index (κ2) is 7.77. The second-order valence-corrected chi connectivity index (χ2v) is 4.93. The average Bonchev–Trinajstić information content (AvgIpc) is 2.44. The molecule has 21 heavy (non-hydrogen) atoms. The fraction of sp³-hybridized carbons (Fsp3) is 0.417. The summed E-state index contributed by atoms with van der Waals surface area (Å²) in [5.74, 6) is 4.86. The van der Waals surface area contributed by atoms with Gasteiger partial charge in [0.25, 0.3) is 11.6 Å². The number of hydrogen-bond acceptors (Lipinski definition) is 6. The van der Waals surface area contributed by atoms with Crippen molar-refractivity contribution in [1.29, 1.82) is 0 Å². The van der Waals surface area contributed by atoms with Gasteiger partial charge in [0.15, 0.2) is 0 Å². The third-order valence-corrected chi connectivity index (χ3v) is 3.03. The maximum absolute atomic E-state index is 12.0. The molecule has 0 saturated heterocycles. The molecule has 0 saturated carbocycles. The number of nitrogens with one attached hydrogen (secondary N) is 2. The lowest BCUT2D eigenvalue weighted by atomic mass is 10.1.